The van der Waals surface area contributed by atoms with Gasteiger partial charge in [0.15, 0.2) is 0 Å². The quantitative estimate of drug-likeness (QED) is 0.144. The number of furan rings is 1. The molecule has 12 aromatic carbocycles. The van der Waals surface area contributed by atoms with Gasteiger partial charge in [-0.1, -0.05) is 226 Å². The normalized spacial score (nSPS) is 13.6. The maximum atomic E-state index is 6.67. The summed E-state index contributed by atoms with van der Waals surface area (Å²) < 4.78 is 9.15. The second-order valence-corrected chi connectivity index (χ2v) is 22.9. The highest BCUT2D eigenvalue weighted by atomic mass is 32.1. The molecule has 4 heteroatoms. The van der Waals surface area contributed by atoms with E-state index in [2.05, 4.69) is 303 Å². The molecule has 3 nitrogen and oxygen atoms in total. The van der Waals surface area contributed by atoms with E-state index in [9.17, 15) is 0 Å². The van der Waals surface area contributed by atoms with Crippen LogP contribution in [0.25, 0.3) is 75.5 Å². The standard InChI is InChI=1S/C76H52N2OS/c1-75(2)62-37-15-12-32-57(62)61-48-54(45-46-63(61)75)77(65-39-22-43-69-72(65)59-33-14-17-42-68(59)79-69)52-29-18-30-53(47-52)78(67-41-20-36-60-71-55(49-23-6-3-7-24-49)34-21-44-70(71)80-74(60)67)66-40-19-35-58-56-31-13-16-38-64(56)76(73(58)66,50-25-8-4-9-26-50)51-27-10-5-11-28-51/h3-48H,1-2H3. The van der Waals surface area contributed by atoms with Crippen LogP contribution < -0.4 is 9.80 Å². The molecule has 2 aliphatic carbocycles. The van der Waals surface area contributed by atoms with Crippen LogP contribution in [0.2, 0.25) is 0 Å². The van der Waals surface area contributed by atoms with Crippen molar-refractivity contribution in [2.24, 2.45) is 0 Å². The number of hydrogen-bond acceptors (Lipinski definition) is 4. The molecule has 0 atom stereocenters. The highest BCUT2D eigenvalue weighted by Gasteiger charge is 2.48. The number of anilines is 6. The SMILES string of the molecule is CC1(C)c2ccccc2-c2cc(N(c3cccc(N(c4cccc5c4C(c4ccccc4)(c4ccccc4)c4ccccc4-5)c4cccc5c4sc4cccc(-c6ccccc6)c45)c3)c3cccc4oc5ccccc5c34)ccc21. The molecule has 378 valence electrons. The second kappa shape index (κ2) is 17.9. The van der Waals surface area contributed by atoms with Crippen molar-refractivity contribution >= 4 is 87.6 Å². The number of nitrogens with zero attached hydrogens (tertiary/aromatic N) is 2. The number of fused-ring (bicyclic) bond motifs is 12. The van der Waals surface area contributed by atoms with E-state index in [0.29, 0.717) is 0 Å². The topological polar surface area (TPSA) is 19.6 Å². The summed E-state index contributed by atoms with van der Waals surface area (Å²) in [5, 5.41) is 4.66. The number of para-hydroxylation sites is 1. The first-order chi connectivity index (χ1) is 39.5. The van der Waals surface area contributed by atoms with Gasteiger partial charge < -0.3 is 14.2 Å². The van der Waals surface area contributed by atoms with Gasteiger partial charge in [-0.15, -0.1) is 11.3 Å². The van der Waals surface area contributed by atoms with Gasteiger partial charge in [-0.25, -0.2) is 0 Å². The number of hydrogen-bond donors (Lipinski definition) is 0. The molecule has 80 heavy (non-hydrogen) atoms. The summed E-state index contributed by atoms with van der Waals surface area (Å²) in [5.41, 5.74) is 22.4. The summed E-state index contributed by atoms with van der Waals surface area (Å²) in [6, 6.07) is 103. The fraction of sp³-hybridized carbons (Fsp3) is 0.0526. The van der Waals surface area contributed by atoms with Crippen LogP contribution >= 0.6 is 11.3 Å². The minimum atomic E-state index is -0.673. The molecule has 2 aromatic heterocycles. The zero-order valence-corrected chi connectivity index (χ0v) is 45.1. The molecular formula is C76H52N2OS. The van der Waals surface area contributed by atoms with Crippen molar-refractivity contribution in [1.82, 2.24) is 0 Å². The fourth-order valence-corrected chi connectivity index (χ4v) is 15.2. The average Bonchev–Trinajstić information content (AvgIpc) is 4.44. The minimum Gasteiger partial charge on any atom is -0.456 e. The Morgan fingerprint density at radius 3 is 1.68 bits per heavy atom. The Kier molecular flexibility index (Phi) is 10.4. The van der Waals surface area contributed by atoms with Crippen LogP contribution in [0.5, 0.6) is 0 Å². The Labute approximate surface area is 469 Å². The van der Waals surface area contributed by atoms with Crippen molar-refractivity contribution in [3.8, 4) is 33.4 Å². The Morgan fingerprint density at radius 2 is 0.887 bits per heavy atom. The summed E-state index contributed by atoms with van der Waals surface area (Å²) in [6.45, 7) is 4.71. The van der Waals surface area contributed by atoms with Gasteiger partial charge in [-0.3, -0.25) is 0 Å². The molecule has 0 radical (unpaired) electrons. The summed E-state index contributed by atoms with van der Waals surface area (Å²) >= 11 is 1.88. The molecule has 0 saturated heterocycles. The van der Waals surface area contributed by atoms with Crippen molar-refractivity contribution in [3.05, 3.63) is 312 Å². The maximum Gasteiger partial charge on any atom is 0.137 e. The first-order valence-electron chi connectivity index (χ1n) is 27.7. The monoisotopic (exact) mass is 1040 g/mol. The molecule has 0 unspecified atom stereocenters. The lowest BCUT2D eigenvalue weighted by molar-refractivity contribution is 0.660. The molecule has 0 amide bonds. The van der Waals surface area contributed by atoms with Gasteiger partial charge in [0.2, 0.25) is 0 Å². The van der Waals surface area contributed by atoms with Gasteiger partial charge in [0.05, 0.1) is 32.6 Å². The Morgan fingerprint density at radius 1 is 0.350 bits per heavy atom. The highest BCUT2D eigenvalue weighted by molar-refractivity contribution is 7.26. The highest BCUT2D eigenvalue weighted by Crippen LogP contribution is 2.61. The molecule has 0 N–H and O–H groups in total. The van der Waals surface area contributed by atoms with Crippen LogP contribution in [-0.4, -0.2) is 0 Å². The zero-order valence-electron chi connectivity index (χ0n) is 44.3. The lowest BCUT2D eigenvalue weighted by Crippen LogP contribution is -2.30. The van der Waals surface area contributed by atoms with Crippen molar-refractivity contribution < 1.29 is 4.42 Å². The fourth-order valence-electron chi connectivity index (χ4n) is 13.9. The summed E-state index contributed by atoms with van der Waals surface area (Å²) in [4.78, 5) is 5.05. The van der Waals surface area contributed by atoms with E-state index >= 15 is 0 Å². The van der Waals surface area contributed by atoms with E-state index in [1.165, 1.54) is 86.9 Å². The van der Waals surface area contributed by atoms with Crippen LogP contribution in [0.3, 0.4) is 0 Å². The van der Waals surface area contributed by atoms with Crippen molar-refractivity contribution in [3.63, 3.8) is 0 Å². The van der Waals surface area contributed by atoms with E-state index in [1.807, 2.05) is 11.3 Å². The smallest absolute Gasteiger partial charge is 0.137 e. The van der Waals surface area contributed by atoms with Gasteiger partial charge in [-0.2, -0.15) is 0 Å². The van der Waals surface area contributed by atoms with Gasteiger partial charge in [0.1, 0.15) is 11.2 Å². The van der Waals surface area contributed by atoms with E-state index in [1.54, 1.807) is 0 Å². The third-order valence-corrected chi connectivity index (χ3v) is 18.5. The van der Waals surface area contributed by atoms with Crippen molar-refractivity contribution in [2.75, 3.05) is 9.80 Å². The predicted octanol–water partition coefficient (Wildman–Crippen LogP) is 21.2. The molecular weight excluding hydrogens is 989 g/mol. The molecule has 0 saturated carbocycles. The molecule has 2 aliphatic rings. The van der Waals surface area contributed by atoms with Gasteiger partial charge >= 0.3 is 0 Å². The van der Waals surface area contributed by atoms with E-state index in [0.717, 1.165) is 56.1 Å². The maximum absolute atomic E-state index is 6.67. The Bertz CT molecular complexity index is 4720. The third-order valence-electron chi connectivity index (χ3n) is 17.3. The van der Waals surface area contributed by atoms with Gasteiger partial charge in [0, 0.05) is 48.9 Å². The number of thiophene rings is 1. The van der Waals surface area contributed by atoms with Crippen LogP contribution in [-0.2, 0) is 10.8 Å². The van der Waals surface area contributed by atoms with Crippen LogP contribution in [0.15, 0.2) is 283 Å². The summed E-state index contributed by atoms with van der Waals surface area (Å²) in [5.74, 6) is 0. The zero-order chi connectivity index (χ0) is 53.1. The minimum absolute atomic E-state index is 0.143. The Hall–Kier alpha value is -9.74. The van der Waals surface area contributed by atoms with Crippen LogP contribution in [0.4, 0.5) is 34.1 Å². The molecule has 14 aromatic rings. The average molecular weight is 1040 g/mol. The number of rotatable bonds is 9. The van der Waals surface area contributed by atoms with E-state index < -0.39 is 5.41 Å². The molecule has 0 fully saturated rings. The lowest BCUT2D eigenvalue weighted by Gasteiger charge is -2.38. The van der Waals surface area contributed by atoms with Crippen LogP contribution in [0, 0.1) is 0 Å². The summed E-state index contributed by atoms with van der Waals surface area (Å²) in [7, 11) is 0. The van der Waals surface area contributed by atoms with Crippen LogP contribution in [0.1, 0.15) is 47.2 Å². The lowest BCUT2D eigenvalue weighted by atomic mass is 9.67. The summed E-state index contributed by atoms with van der Waals surface area (Å²) in [6.07, 6.45) is 0. The number of benzene rings is 12. The first kappa shape index (κ1) is 46.4. The van der Waals surface area contributed by atoms with Crippen molar-refractivity contribution in [1.29, 1.82) is 0 Å². The third kappa shape index (κ3) is 6.73. The second-order valence-electron chi connectivity index (χ2n) is 21.9. The predicted molar refractivity (Wildman–Crippen MR) is 336 cm³/mol. The molecule has 0 aliphatic heterocycles. The Balaban J connectivity index is 1.00. The van der Waals surface area contributed by atoms with Gasteiger partial charge in [0.25, 0.3) is 0 Å². The molecule has 0 bridgehead atoms. The van der Waals surface area contributed by atoms with Crippen molar-refractivity contribution in [2.45, 2.75) is 24.7 Å². The largest absolute Gasteiger partial charge is 0.456 e. The van der Waals surface area contributed by atoms with Gasteiger partial charge in [-0.05, 0) is 128 Å². The van der Waals surface area contributed by atoms with E-state index in [-0.39, 0.29) is 5.41 Å². The molecule has 16 rings (SSSR count). The molecule has 2 heterocycles. The first-order valence-corrected chi connectivity index (χ1v) is 28.5. The van der Waals surface area contributed by atoms with E-state index in [4.69, 9.17) is 4.42 Å². The molecule has 0 spiro atoms.